The lowest BCUT2D eigenvalue weighted by atomic mass is 10.2. The monoisotopic (exact) mass is 212 g/mol. The number of primary amides is 1. The molecule has 0 saturated heterocycles. The summed E-state index contributed by atoms with van der Waals surface area (Å²) in [7, 11) is 1.45. The van der Waals surface area contributed by atoms with Gasteiger partial charge in [-0.1, -0.05) is 11.6 Å². The molecule has 0 unspecified atom stereocenters. The molecule has 5 nitrogen and oxygen atoms in total. The molecule has 0 aliphatic rings. The Morgan fingerprint density at radius 3 is 2.79 bits per heavy atom. The smallest absolute Gasteiger partial charge is 0.268 e. The van der Waals surface area contributed by atoms with Crippen molar-refractivity contribution in [3.8, 4) is 0 Å². The van der Waals surface area contributed by atoms with E-state index in [1.165, 1.54) is 13.1 Å². The number of amides is 2. The summed E-state index contributed by atoms with van der Waals surface area (Å²) in [6, 6.07) is 3.75. The quantitative estimate of drug-likeness (QED) is 0.677. The first-order valence-electron chi connectivity index (χ1n) is 3.66. The van der Waals surface area contributed by atoms with E-state index in [0.717, 1.165) is 0 Å². The molecule has 0 spiro atoms. The Morgan fingerprint density at radius 2 is 2.29 bits per heavy atom. The van der Waals surface area contributed by atoms with Gasteiger partial charge >= 0.3 is 0 Å². The van der Waals surface area contributed by atoms with Gasteiger partial charge in [-0.15, -0.1) is 0 Å². The molecular weight excluding hydrogens is 206 g/mol. The van der Waals surface area contributed by atoms with Crippen LogP contribution in [0.1, 0.15) is 20.8 Å². The van der Waals surface area contributed by atoms with Gasteiger partial charge in [0.15, 0.2) is 0 Å². The third kappa shape index (κ3) is 2.20. The molecule has 6 heteroatoms. The third-order valence-electron chi connectivity index (χ3n) is 1.44. The lowest BCUT2D eigenvalue weighted by molar-refractivity contribution is 0.0962. The minimum atomic E-state index is -0.780. The highest BCUT2D eigenvalue weighted by Gasteiger charge is 2.11. The van der Waals surface area contributed by atoms with Crippen molar-refractivity contribution in [2.24, 2.45) is 5.73 Å². The maximum Gasteiger partial charge on any atom is 0.268 e. The first-order chi connectivity index (χ1) is 6.54. The number of hydrogen-bond acceptors (Lipinski definition) is 3. The highest BCUT2D eigenvalue weighted by Crippen LogP contribution is 2.09. The Kier molecular flexibility index (Phi) is 3.03. The van der Waals surface area contributed by atoms with E-state index in [0.29, 0.717) is 0 Å². The summed E-state index contributed by atoms with van der Waals surface area (Å²) in [4.78, 5) is 25.5. The van der Waals surface area contributed by atoms with E-state index in [1.807, 2.05) is 0 Å². The van der Waals surface area contributed by atoms with E-state index in [4.69, 9.17) is 17.3 Å². The van der Waals surface area contributed by atoms with Crippen LogP contribution in [0.3, 0.4) is 0 Å². The molecule has 73 valence electrons. The van der Waals surface area contributed by atoms with Crippen LogP contribution in [0.5, 0.6) is 0 Å². The Morgan fingerprint density at radius 1 is 1.64 bits per heavy atom. The second-order valence-electron chi connectivity index (χ2n) is 2.41. The summed E-state index contributed by atoms with van der Waals surface area (Å²) in [5, 5.41) is 2.39. The average molecular weight is 213 g/mol. The summed E-state index contributed by atoms with van der Waals surface area (Å²) in [6.45, 7) is 0. The average Bonchev–Trinajstić information content (AvgIpc) is 2.15. The molecule has 3 N–H and O–H groups in total. The Bertz CT molecular complexity index is 392. The van der Waals surface area contributed by atoms with Gasteiger partial charge in [0.1, 0.15) is 10.8 Å². The summed E-state index contributed by atoms with van der Waals surface area (Å²) >= 11 is 5.58. The van der Waals surface area contributed by atoms with E-state index < -0.39 is 11.8 Å². The van der Waals surface area contributed by atoms with Crippen molar-refractivity contribution in [3.63, 3.8) is 0 Å². The van der Waals surface area contributed by atoms with Crippen LogP contribution in [0, 0.1) is 6.07 Å². The van der Waals surface area contributed by atoms with Crippen LogP contribution in [-0.4, -0.2) is 23.8 Å². The Labute approximate surface area is 85.3 Å². The lowest BCUT2D eigenvalue weighted by Crippen LogP contribution is -2.20. The lowest BCUT2D eigenvalue weighted by Gasteiger charge is -2.01. The molecule has 0 saturated carbocycles. The van der Waals surface area contributed by atoms with Crippen LogP contribution in [0.25, 0.3) is 0 Å². The van der Waals surface area contributed by atoms with Crippen molar-refractivity contribution < 1.29 is 9.59 Å². The normalized spacial score (nSPS) is 9.57. The maximum atomic E-state index is 11.2. The number of hydrogen-bond donors (Lipinski definition) is 2. The van der Waals surface area contributed by atoms with Crippen LogP contribution >= 0.6 is 11.6 Å². The molecule has 1 heterocycles. The van der Waals surface area contributed by atoms with Crippen molar-refractivity contribution in [1.82, 2.24) is 10.3 Å². The predicted octanol–water partition coefficient (Wildman–Crippen LogP) is -0.00631. The van der Waals surface area contributed by atoms with Gasteiger partial charge in [-0.05, 0) is 6.07 Å². The largest absolute Gasteiger partial charge is 0.364 e. The zero-order chi connectivity index (χ0) is 10.7. The van der Waals surface area contributed by atoms with Crippen molar-refractivity contribution in [2.75, 3.05) is 7.05 Å². The van der Waals surface area contributed by atoms with E-state index in [9.17, 15) is 9.59 Å². The second kappa shape index (κ2) is 4.06. The van der Waals surface area contributed by atoms with Gasteiger partial charge in [-0.25, -0.2) is 4.98 Å². The summed E-state index contributed by atoms with van der Waals surface area (Å²) in [5.74, 6) is -1.19. The van der Waals surface area contributed by atoms with Crippen LogP contribution < -0.4 is 11.1 Å². The highest BCUT2D eigenvalue weighted by atomic mass is 35.5. The Balaban J connectivity index is 3.20. The summed E-state index contributed by atoms with van der Waals surface area (Å²) in [5.41, 5.74) is 4.94. The van der Waals surface area contributed by atoms with Gasteiger partial charge in [0.2, 0.25) is 0 Å². The number of aromatic nitrogens is 1. The fraction of sp³-hybridized carbons (Fsp3) is 0.125. The number of nitrogens with two attached hydrogens (primary N) is 1. The molecule has 0 aromatic carbocycles. The number of carbonyl (C=O) groups excluding carboxylic acids is 2. The van der Waals surface area contributed by atoms with E-state index >= 15 is 0 Å². The molecule has 1 radical (unpaired) electrons. The molecule has 0 fully saturated rings. The van der Waals surface area contributed by atoms with Gasteiger partial charge in [-0.3, -0.25) is 9.59 Å². The van der Waals surface area contributed by atoms with Crippen molar-refractivity contribution in [2.45, 2.75) is 0 Å². The van der Waals surface area contributed by atoms with E-state index in [1.54, 1.807) is 0 Å². The number of halogens is 1. The van der Waals surface area contributed by atoms with Crippen LogP contribution in [0.4, 0.5) is 0 Å². The SMILES string of the molecule is CNC(=O)c1[c]c(C(N)=O)nc(Cl)c1. The zero-order valence-electron chi connectivity index (χ0n) is 7.30. The van der Waals surface area contributed by atoms with Crippen molar-refractivity contribution in [1.29, 1.82) is 0 Å². The molecule has 0 bridgehead atoms. The van der Waals surface area contributed by atoms with E-state index in [-0.39, 0.29) is 16.4 Å². The third-order valence-corrected chi connectivity index (χ3v) is 1.63. The van der Waals surface area contributed by atoms with Crippen LogP contribution in [-0.2, 0) is 0 Å². The first kappa shape index (κ1) is 10.5. The van der Waals surface area contributed by atoms with Gasteiger partial charge in [0, 0.05) is 13.1 Å². The van der Waals surface area contributed by atoms with Crippen LogP contribution in [0.15, 0.2) is 6.07 Å². The van der Waals surface area contributed by atoms with E-state index in [2.05, 4.69) is 16.4 Å². The number of nitrogens with one attached hydrogen (secondary N) is 1. The van der Waals surface area contributed by atoms with Gasteiger partial charge in [-0.2, -0.15) is 0 Å². The molecule has 2 amide bonds. The van der Waals surface area contributed by atoms with Crippen molar-refractivity contribution >= 4 is 23.4 Å². The fourth-order valence-electron chi connectivity index (χ4n) is 0.823. The number of rotatable bonds is 2. The second-order valence-corrected chi connectivity index (χ2v) is 2.80. The molecule has 0 aliphatic carbocycles. The van der Waals surface area contributed by atoms with Gasteiger partial charge in [0.05, 0.1) is 5.56 Å². The molecule has 0 atom stereocenters. The van der Waals surface area contributed by atoms with Crippen molar-refractivity contribution in [3.05, 3.63) is 28.5 Å². The number of carbonyl (C=O) groups is 2. The summed E-state index contributed by atoms with van der Waals surface area (Å²) < 4.78 is 0. The fourth-order valence-corrected chi connectivity index (χ4v) is 1.02. The molecule has 0 aliphatic heterocycles. The zero-order valence-corrected chi connectivity index (χ0v) is 8.05. The molecule has 1 aromatic heterocycles. The molecule has 1 aromatic rings. The van der Waals surface area contributed by atoms with Gasteiger partial charge < -0.3 is 11.1 Å². The van der Waals surface area contributed by atoms with Gasteiger partial charge in [0.25, 0.3) is 11.8 Å². The number of nitrogens with zero attached hydrogens (tertiary/aromatic N) is 1. The minimum absolute atomic E-state index is 0.0242. The predicted molar refractivity (Wildman–Crippen MR) is 50.0 cm³/mol. The Hall–Kier alpha value is -1.62. The molecular formula is C8H7ClN3O2. The number of pyridine rings is 1. The van der Waals surface area contributed by atoms with Crippen LogP contribution in [0.2, 0.25) is 5.15 Å². The minimum Gasteiger partial charge on any atom is -0.364 e. The summed E-state index contributed by atoms with van der Waals surface area (Å²) in [6.07, 6.45) is 0. The standard InChI is InChI=1S/C8H7ClN3O2/c1-11-8(14)4-2-5(7(10)13)12-6(9)3-4/h3H,1H3,(H2,10,13)(H,11,14). The molecule has 1 rings (SSSR count). The highest BCUT2D eigenvalue weighted by molar-refractivity contribution is 6.30. The first-order valence-corrected chi connectivity index (χ1v) is 4.04. The molecule has 14 heavy (non-hydrogen) atoms. The topological polar surface area (TPSA) is 85.1 Å². The maximum absolute atomic E-state index is 11.2.